The summed E-state index contributed by atoms with van der Waals surface area (Å²) in [5.74, 6) is 3.39. The molecule has 20 aromatic carbocycles. The molecule has 0 aliphatic carbocycles. The Balaban J connectivity index is 0.000000113. The molecule has 0 aliphatic rings. The predicted octanol–water partition coefficient (Wildman–Crippen LogP) is 35.2. The number of aromatic nitrogens is 7. The van der Waals surface area contributed by atoms with Gasteiger partial charge in [0.1, 0.15) is 0 Å². The normalized spacial score (nSPS) is 11.4. The first-order valence-electron chi connectivity index (χ1n) is 45.9. The average molecular weight is 1800 g/mol. The lowest BCUT2D eigenvalue weighted by molar-refractivity contribution is 1.08. The van der Waals surface area contributed by atoms with Gasteiger partial charge >= 0.3 is 0 Å². The molecule has 0 N–H and O–H groups in total. The lowest BCUT2D eigenvalue weighted by Crippen LogP contribution is -2.02. The molecule has 6 heterocycles. The first-order valence-corrected chi connectivity index (χ1v) is 48.4. The Hall–Kier alpha value is -17.3. The Morgan fingerprint density at radius 2 is 0.372 bits per heavy atom. The molecule has 0 saturated carbocycles. The molecule has 642 valence electrons. The van der Waals surface area contributed by atoms with Crippen LogP contribution in [0.2, 0.25) is 0 Å². The Labute approximate surface area is 804 Å². The van der Waals surface area contributed by atoms with E-state index in [2.05, 4.69) is 467 Å². The van der Waals surface area contributed by atoms with Crippen molar-refractivity contribution in [1.29, 1.82) is 0 Å². The number of fused-ring (bicyclic) bond motifs is 11. The quantitative estimate of drug-likeness (QED) is 0.101. The van der Waals surface area contributed by atoms with Gasteiger partial charge in [0, 0.05) is 111 Å². The van der Waals surface area contributed by atoms with Crippen LogP contribution < -0.4 is 0 Å². The summed E-state index contributed by atoms with van der Waals surface area (Å²) >= 11 is 5.44. The number of thiophene rings is 3. The third kappa shape index (κ3) is 16.5. The first kappa shape index (κ1) is 82.9. The van der Waals surface area contributed by atoms with Gasteiger partial charge in [0.05, 0.1) is 22.8 Å². The highest BCUT2D eigenvalue weighted by Crippen LogP contribution is 2.47. The molecule has 26 aromatic rings. The van der Waals surface area contributed by atoms with E-state index in [1.807, 2.05) is 46.9 Å². The maximum absolute atomic E-state index is 5.30. The minimum atomic E-state index is 0.644. The van der Waals surface area contributed by atoms with Crippen molar-refractivity contribution in [3.8, 4) is 169 Å². The van der Waals surface area contributed by atoms with E-state index < -0.39 is 0 Å². The van der Waals surface area contributed by atoms with Gasteiger partial charge in [0.2, 0.25) is 0 Å². The van der Waals surface area contributed by atoms with Crippen molar-refractivity contribution in [3.05, 3.63) is 491 Å². The van der Waals surface area contributed by atoms with E-state index in [0.29, 0.717) is 17.5 Å². The molecule has 0 saturated heterocycles. The van der Waals surface area contributed by atoms with Crippen molar-refractivity contribution >= 4 is 116 Å². The summed E-state index contributed by atoms with van der Waals surface area (Å²) in [6, 6.07) is 173. The zero-order valence-corrected chi connectivity index (χ0v) is 76.6. The molecule has 7 nitrogen and oxygen atoms in total. The third-order valence-electron chi connectivity index (χ3n) is 25.6. The van der Waals surface area contributed by atoms with Gasteiger partial charge in [0.15, 0.2) is 29.1 Å². The minimum absolute atomic E-state index is 0.644. The minimum Gasteiger partial charge on any atom is -0.228 e. The molecule has 0 unspecified atom stereocenters. The smallest absolute Gasteiger partial charge is 0.165 e. The van der Waals surface area contributed by atoms with E-state index in [4.69, 9.17) is 34.9 Å². The molecule has 10 heteroatoms. The summed E-state index contributed by atoms with van der Waals surface area (Å²) in [5.41, 5.74) is 26.8. The molecule has 26 rings (SSSR count). The summed E-state index contributed by atoms with van der Waals surface area (Å²) in [6.45, 7) is 0. The molecule has 0 bridgehead atoms. The van der Waals surface area contributed by atoms with Crippen LogP contribution in [-0.2, 0) is 0 Å². The van der Waals surface area contributed by atoms with E-state index in [9.17, 15) is 0 Å². The molecule has 0 fully saturated rings. The van der Waals surface area contributed by atoms with Crippen LogP contribution in [0.4, 0.5) is 0 Å². The van der Waals surface area contributed by atoms with Gasteiger partial charge in [-0.1, -0.05) is 443 Å². The lowest BCUT2D eigenvalue weighted by atomic mass is 9.96. The van der Waals surface area contributed by atoms with Crippen LogP contribution >= 0.6 is 34.0 Å². The van der Waals surface area contributed by atoms with Crippen LogP contribution in [0.15, 0.2) is 491 Å². The lowest BCUT2D eigenvalue weighted by Gasteiger charge is -2.14. The van der Waals surface area contributed by atoms with Gasteiger partial charge in [-0.3, -0.25) is 0 Å². The largest absolute Gasteiger partial charge is 0.228 e. The van der Waals surface area contributed by atoms with Crippen LogP contribution in [-0.4, -0.2) is 34.9 Å². The molecular weight excluding hydrogens is 1720 g/mol. The van der Waals surface area contributed by atoms with E-state index in [1.54, 1.807) is 11.3 Å². The van der Waals surface area contributed by atoms with Gasteiger partial charge in [-0.25, -0.2) is 34.9 Å². The van der Waals surface area contributed by atoms with Crippen molar-refractivity contribution in [2.24, 2.45) is 0 Å². The Morgan fingerprint density at radius 1 is 0.124 bits per heavy atom. The number of hydrogen-bond acceptors (Lipinski definition) is 10. The predicted molar refractivity (Wildman–Crippen MR) is 579 cm³/mol. The highest BCUT2D eigenvalue weighted by atomic mass is 32.1. The second kappa shape index (κ2) is 36.7. The maximum Gasteiger partial charge on any atom is 0.165 e. The van der Waals surface area contributed by atoms with Crippen LogP contribution in [0.1, 0.15) is 0 Å². The monoisotopic (exact) mass is 1800 g/mol. The fourth-order valence-electron chi connectivity index (χ4n) is 18.8. The van der Waals surface area contributed by atoms with Gasteiger partial charge in [-0.2, -0.15) is 0 Å². The zero-order chi connectivity index (χ0) is 90.9. The standard InChI is InChI=1S/C47H29N3S.2C40H26N2S/c1-3-14-32-28-34(26-24-30(32)12-1)36-16-5-7-19-40(36)45-48-46(41-20-8-6-17-37(41)35-27-25-31-13-2-4-15-33(31)29-35)50-47(49-45)42-22-11-21-39-38-18-9-10-23-43(38)51-44(39)42;1-3-12-27(13-4-1)28-22-24-30(25-23-28)36-26-37(35-20-11-19-33-32-17-9-10-21-38(32)43-39(33)35)42-40(41-36)34-18-8-7-16-31(34)29-14-5-2-6-15-29;1-3-10-27(11-4-1)29-18-22-31(23-19-29)36-26-37(35-16-9-15-34-33-14-7-8-17-38(33)43-39(34)35)42-40(41-36)32-24-20-30(21-25-32)28-12-5-2-6-13-28/h1-29H;2*1-26H. The summed E-state index contributed by atoms with van der Waals surface area (Å²) in [5, 5.41) is 12.4. The van der Waals surface area contributed by atoms with E-state index in [-0.39, 0.29) is 0 Å². The van der Waals surface area contributed by atoms with E-state index in [0.717, 1.165) is 118 Å². The maximum atomic E-state index is 5.30. The fourth-order valence-corrected chi connectivity index (χ4v) is 22.4. The van der Waals surface area contributed by atoms with Crippen molar-refractivity contribution in [2.45, 2.75) is 0 Å². The molecular formula is C127H81N7S3. The number of rotatable bonds is 15. The van der Waals surface area contributed by atoms with Crippen LogP contribution in [0, 0.1) is 0 Å². The Morgan fingerprint density at radius 3 is 0.774 bits per heavy atom. The molecule has 0 radical (unpaired) electrons. The Kier molecular flexibility index (Phi) is 22.2. The van der Waals surface area contributed by atoms with Gasteiger partial charge in [0.25, 0.3) is 0 Å². The van der Waals surface area contributed by atoms with Crippen molar-refractivity contribution in [3.63, 3.8) is 0 Å². The van der Waals surface area contributed by atoms with Gasteiger partial charge < -0.3 is 0 Å². The summed E-state index contributed by atoms with van der Waals surface area (Å²) < 4.78 is 7.48. The van der Waals surface area contributed by atoms with Crippen molar-refractivity contribution in [2.75, 3.05) is 0 Å². The SMILES string of the molecule is c1ccc(-c2ccc(-c3cc(-c4cccc5c4sc4ccccc45)nc(-c4ccc(-c5ccccc5)cc4)n3)cc2)cc1.c1ccc(-c2ccc(-c3cc(-c4cccc5c4sc4ccccc45)nc(-c4ccccc4-c4ccccc4)n3)cc2)cc1.c1ccc(-c2nc(-c3ccccc3-c3ccc4ccccc4c3)nc(-c3cccc4c3sc3ccccc34)n2)c(-c2ccc3ccccc3c2)c1. The second-order valence-corrected chi connectivity index (χ2v) is 37.2. The van der Waals surface area contributed by atoms with Crippen LogP contribution in [0.25, 0.3) is 251 Å². The molecule has 0 amide bonds. The molecule has 0 spiro atoms. The Bertz CT molecular complexity index is 8770. The van der Waals surface area contributed by atoms with Gasteiger partial charge in [-0.15, -0.1) is 34.0 Å². The summed E-state index contributed by atoms with van der Waals surface area (Å²) in [6.07, 6.45) is 0. The summed E-state index contributed by atoms with van der Waals surface area (Å²) in [7, 11) is 0. The molecule has 0 aliphatic heterocycles. The van der Waals surface area contributed by atoms with E-state index in [1.165, 1.54) is 115 Å². The number of benzene rings is 20. The van der Waals surface area contributed by atoms with Crippen molar-refractivity contribution in [1.82, 2.24) is 34.9 Å². The highest BCUT2D eigenvalue weighted by Gasteiger charge is 2.24. The van der Waals surface area contributed by atoms with E-state index >= 15 is 0 Å². The van der Waals surface area contributed by atoms with Gasteiger partial charge in [-0.05, 0) is 137 Å². The zero-order valence-electron chi connectivity index (χ0n) is 74.1. The van der Waals surface area contributed by atoms with Crippen molar-refractivity contribution < 1.29 is 0 Å². The third-order valence-corrected chi connectivity index (χ3v) is 29.3. The van der Waals surface area contributed by atoms with Crippen LogP contribution in [0.5, 0.6) is 0 Å². The average Bonchev–Trinajstić information content (AvgIpc) is 1.67. The molecule has 0 atom stereocenters. The summed E-state index contributed by atoms with van der Waals surface area (Å²) in [4.78, 5) is 36.7. The second-order valence-electron chi connectivity index (χ2n) is 34.0. The topological polar surface area (TPSA) is 90.2 Å². The van der Waals surface area contributed by atoms with Crippen LogP contribution in [0.3, 0.4) is 0 Å². The highest BCUT2D eigenvalue weighted by molar-refractivity contribution is 7.27. The fraction of sp³-hybridized carbons (Fsp3) is 0. The number of hydrogen-bond donors (Lipinski definition) is 0. The number of nitrogens with zero attached hydrogens (tertiary/aromatic N) is 7. The molecule has 6 aromatic heterocycles. The molecule has 137 heavy (non-hydrogen) atoms. The first-order chi connectivity index (χ1) is 67.9.